The third-order valence-electron chi connectivity index (χ3n) is 3.56. The van der Waals surface area contributed by atoms with Gasteiger partial charge in [0.15, 0.2) is 0 Å². The number of amides is 1. The van der Waals surface area contributed by atoms with E-state index in [9.17, 15) is 4.79 Å². The van der Waals surface area contributed by atoms with Gasteiger partial charge in [0.05, 0.1) is 6.54 Å². The van der Waals surface area contributed by atoms with E-state index in [0.29, 0.717) is 31.3 Å². The maximum absolute atomic E-state index is 12.0. The van der Waals surface area contributed by atoms with Crippen LogP contribution in [0.15, 0.2) is 61.2 Å². The zero-order chi connectivity index (χ0) is 18.1. The van der Waals surface area contributed by atoms with Crippen LogP contribution in [0.4, 0.5) is 0 Å². The van der Waals surface area contributed by atoms with Crippen LogP contribution in [0.5, 0.6) is 5.75 Å². The second-order valence-electron chi connectivity index (χ2n) is 5.82. The Hall–Kier alpha value is -2.30. The molecule has 0 heterocycles. The lowest BCUT2D eigenvalue weighted by Gasteiger charge is -2.16. The molecule has 2 rings (SSSR count). The van der Waals surface area contributed by atoms with Crippen molar-refractivity contribution in [2.75, 3.05) is 20.2 Å². The normalized spacial score (nSPS) is 10.5. The zero-order valence-electron chi connectivity index (χ0n) is 14.4. The summed E-state index contributed by atoms with van der Waals surface area (Å²) in [6.45, 7) is 5.64. The minimum Gasteiger partial charge on any atom is -0.490 e. The first-order chi connectivity index (χ1) is 12.1. The molecule has 1 amide bonds. The molecule has 0 aromatic heterocycles. The Morgan fingerprint density at radius 2 is 1.80 bits per heavy atom. The van der Waals surface area contributed by atoms with Gasteiger partial charge in [0.2, 0.25) is 5.91 Å². The molecule has 4 nitrogen and oxygen atoms in total. The number of rotatable bonds is 9. The average molecular weight is 359 g/mol. The Kier molecular flexibility index (Phi) is 7.51. The smallest absolute Gasteiger partial charge is 0.234 e. The summed E-state index contributed by atoms with van der Waals surface area (Å²) in [5, 5.41) is 3.60. The van der Waals surface area contributed by atoms with Crippen molar-refractivity contribution in [1.29, 1.82) is 0 Å². The maximum atomic E-state index is 12.0. The van der Waals surface area contributed by atoms with Gasteiger partial charge in [-0.25, -0.2) is 0 Å². The van der Waals surface area contributed by atoms with Gasteiger partial charge in [0.25, 0.3) is 0 Å². The summed E-state index contributed by atoms with van der Waals surface area (Å²) < 4.78 is 5.46. The Balaban J connectivity index is 1.74. The van der Waals surface area contributed by atoms with Crippen LogP contribution in [-0.4, -0.2) is 31.0 Å². The van der Waals surface area contributed by atoms with Gasteiger partial charge in [-0.3, -0.25) is 9.69 Å². The maximum Gasteiger partial charge on any atom is 0.234 e. The number of nitrogens with zero attached hydrogens (tertiary/aromatic N) is 1. The summed E-state index contributed by atoms with van der Waals surface area (Å²) in [5.41, 5.74) is 2.15. The van der Waals surface area contributed by atoms with E-state index in [1.54, 1.807) is 6.08 Å². The minimum atomic E-state index is -0.0108. The number of carbonyl (C=O) groups excluding carboxylic acids is 1. The molecule has 0 bridgehead atoms. The Morgan fingerprint density at radius 3 is 2.44 bits per heavy atom. The molecule has 0 atom stereocenters. The van der Waals surface area contributed by atoms with E-state index in [0.717, 1.165) is 16.9 Å². The van der Waals surface area contributed by atoms with Crippen molar-refractivity contribution in [3.63, 3.8) is 0 Å². The molecule has 0 saturated carbocycles. The van der Waals surface area contributed by atoms with E-state index in [-0.39, 0.29) is 5.91 Å². The van der Waals surface area contributed by atoms with Crippen molar-refractivity contribution in [2.24, 2.45) is 0 Å². The van der Waals surface area contributed by atoms with E-state index in [2.05, 4.69) is 11.9 Å². The predicted octanol–water partition coefficient (Wildman–Crippen LogP) is 3.65. The molecule has 0 saturated heterocycles. The molecule has 132 valence electrons. The molecule has 0 spiro atoms. The first kappa shape index (κ1) is 19.0. The molecule has 2 aromatic carbocycles. The minimum absolute atomic E-state index is 0.0108. The fourth-order valence-electron chi connectivity index (χ4n) is 2.32. The van der Waals surface area contributed by atoms with Crippen LogP contribution in [0.2, 0.25) is 5.02 Å². The third-order valence-corrected chi connectivity index (χ3v) is 3.81. The molecule has 0 fully saturated rings. The average Bonchev–Trinajstić information content (AvgIpc) is 2.60. The number of hydrogen-bond acceptors (Lipinski definition) is 3. The number of halogens is 1. The summed E-state index contributed by atoms with van der Waals surface area (Å²) >= 11 is 5.85. The summed E-state index contributed by atoms with van der Waals surface area (Å²) in [4.78, 5) is 14.0. The molecule has 0 aliphatic rings. The molecule has 1 N–H and O–H groups in total. The Bertz CT molecular complexity index is 684. The summed E-state index contributed by atoms with van der Waals surface area (Å²) in [5.74, 6) is 0.801. The number of hydrogen-bond donors (Lipinski definition) is 1. The fourth-order valence-corrected chi connectivity index (χ4v) is 2.44. The van der Waals surface area contributed by atoms with Crippen LogP contribution in [0.1, 0.15) is 11.1 Å². The molecule has 25 heavy (non-hydrogen) atoms. The molecule has 0 unspecified atom stereocenters. The van der Waals surface area contributed by atoms with Gasteiger partial charge in [-0.15, -0.1) is 0 Å². The summed E-state index contributed by atoms with van der Waals surface area (Å²) in [6, 6.07) is 15.3. The molecular weight excluding hydrogens is 336 g/mol. The highest BCUT2D eigenvalue weighted by Gasteiger charge is 2.07. The van der Waals surface area contributed by atoms with Gasteiger partial charge in [-0.1, -0.05) is 48.5 Å². The monoisotopic (exact) mass is 358 g/mol. The van der Waals surface area contributed by atoms with E-state index < -0.39 is 0 Å². The SMILES string of the molecule is C=CCOc1ccc(CN(C)CC(=O)NCc2ccc(Cl)cc2)cc1. The largest absolute Gasteiger partial charge is 0.490 e. The van der Waals surface area contributed by atoms with Crippen LogP contribution < -0.4 is 10.1 Å². The number of likely N-dealkylation sites (N-methyl/N-ethyl adjacent to an activating group) is 1. The number of benzene rings is 2. The quantitative estimate of drug-likeness (QED) is 0.696. The standard InChI is InChI=1S/C20H23ClN2O2/c1-3-12-25-19-10-6-17(7-11-19)14-23(2)15-20(24)22-13-16-4-8-18(21)9-5-16/h3-11H,1,12-15H2,2H3,(H,22,24). The van der Waals surface area contributed by atoms with Crippen molar-refractivity contribution >= 4 is 17.5 Å². The van der Waals surface area contributed by atoms with Gasteiger partial charge < -0.3 is 10.1 Å². The molecule has 0 radical (unpaired) electrons. The van der Waals surface area contributed by atoms with Crippen LogP contribution >= 0.6 is 11.6 Å². The van der Waals surface area contributed by atoms with Crippen LogP contribution in [0.25, 0.3) is 0 Å². The van der Waals surface area contributed by atoms with Gasteiger partial charge in [-0.05, 0) is 42.4 Å². The lowest BCUT2D eigenvalue weighted by molar-refractivity contribution is -0.122. The lowest BCUT2D eigenvalue weighted by Crippen LogP contribution is -2.34. The van der Waals surface area contributed by atoms with Gasteiger partial charge in [0, 0.05) is 18.1 Å². The fraction of sp³-hybridized carbons (Fsp3) is 0.250. The first-order valence-electron chi connectivity index (χ1n) is 8.09. The highest BCUT2D eigenvalue weighted by molar-refractivity contribution is 6.30. The van der Waals surface area contributed by atoms with Crippen LogP contribution in [-0.2, 0) is 17.9 Å². The number of carbonyl (C=O) groups is 1. The van der Waals surface area contributed by atoms with Crippen LogP contribution in [0.3, 0.4) is 0 Å². The second-order valence-corrected chi connectivity index (χ2v) is 6.26. The van der Waals surface area contributed by atoms with E-state index in [1.165, 1.54) is 0 Å². The first-order valence-corrected chi connectivity index (χ1v) is 8.47. The highest BCUT2D eigenvalue weighted by atomic mass is 35.5. The van der Waals surface area contributed by atoms with Gasteiger partial charge >= 0.3 is 0 Å². The third kappa shape index (κ3) is 6.99. The van der Waals surface area contributed by atoms with Crippen molar-refractivity contribution in [3.05, 3.63) is 77.3 Å². The van der Waals surface area contributed by atoms with Gasteiger partial charge in [0.1, 0.15) is 12.4 Å². The Morgan fingerprint density at radius 1 is 1.16 bits per heavy atom. The number of nitrogens with one attached hydrogen (secondary N) is 1. The summed E-state index contributed by atoms with van der Waals surface area (Å²) in [6.07, 6.45) is 1.71. The van der Waals surface area contributed by atoms with Gasteiger partial charge in [-0.2, -0.15) is 0 Å². The van der Waals surface area contributed by atoms with E-state index >= 15 is 0 Å². The summed E-state index contributed by atoms with van der Waals surface area (Å²) in [7, 11) is 1.92. The second kappa shape index (κ2) is 9.87. The molecule has 5 heteroatoms. The molecule has 0 aliphatic heterocycles. The highest BCUT2D eigenvalue weighted by Crippen LogP contribution is 2.13. The van der Waals surface area contributed by atoms with Crippen molar-refractivity contribution < 1.29 is 9.53 Å². The van der Waals surface area contributed by atoms with Crippen molar-refractivity contribution in [1.82, 2.24) is 10.2 Å². The molecule has 0 aliphatic carbocycles. The predicted molar refractivity (Wildman–Crippen MR) is 102 cm³/mol. The van der Waals surface area contributed by atoms with Crippen LogP contribution in [0, 0.1) is 0 Å². The molecule has 2 aromatic rings. The zero-order valence-corrected chi connectivity index (χ0v) is 15.1. The topological polar surface area (TPSA) is 41.6 Å². The lowest BCUT2D eigenvalue weighted by atomic mass is 10.2. The number of ether oxygens (including phenoxy) is 1. The Labute approximate surface area is 154 Å². The van der Waals surface area contributed by atoms with Crippen molar-refractivity contribution in [3.8, 4) is 5.75 Å². The van der Waals surface area contributed by atoms with E-state index in [1.807, 2.05) is 60.5 Å². The van der Waals surface area contributed by atoms with Crippen molar-refractivity contribution in [2.45, 2.75) is 13.1 Å². The van der Waals surface area contributed by atoms with E-state index in [4.69, 9.17) is 16.3 Å². The molecular formula is C20H23ClN2O2.